The molecule has 2 aromatic heterocycles. The highest BCUT2D eigenvalue weighted by Crippen LogP contribution is 2.26. The zero-order valence-electron chi connectivity index (χ0n) is 31.3. The van der Waals surface area contributed by atoms with E-state index in [1.165, 1.54) is 4.90 Å². The number of imide groups is 1. The molecule has 3 heterocycles. The third kappa shape index (κ3) is 10.5. The van der Waals surface area contributed by atoms with Crippen molar-refractivity contribution in [3.05, 3.63) is 202 Å². The van der Waals surface area contributed by atoms with E-state index in [0.717, 1.165) is 26.9 Å². The minimum Gasteiger partial charge on any atom is -0.473 e. The van der Waals surface area contributed by atoms with Gasteiger partial charge >= 0.3 is 0 Å². The van der Waals surface area contributed by atoms with E-state index < -0.39 is 6.04 Å². The lowest BCUT2D eigenvalue weighted by Crippen LogP contribution is -2.37. The number of halogens is 1. The summed E-state index contributed by atoms with van der Waals surface area (Å²) in [5.41, 5.74) is 3.76. The Hall–Kier alpha value is -7.22. The molecule has 1 atom stereocenters. The number of hydrogen-bond acceptors (Lipinski definition) is 8. The molecule has 2 amide bonds. The lowest BCUT2D eigenvalue weighted by atomic mass is 10.1. The van der Waals surface area contributed by atoms with Crippen LogP contribution < -0.4 is 18.9 Å². The first-order valence-corrected chi connectivity index (χ1v) is 19.1. The molecule has 58 heavy (non-hydrogen) atoms. The second-order valence-corrected chi connectivity index (χ2v) is 13.8. The lowest BCUT2D eigenvalue weighted by Gasteiger charge is -2.17. The van der Waals surface area contributed by atoms with Crippen LogP contribution in [0, 0.1) is 11.8 Å². The zero-order valence-corrected chi connectivity index (χ0v) is 32.9. The normalized spacial score (nSPS) is 11.9. The lowest BCUT2D eigenvalue weighted by molar-refractivity contribution is 0.0630. The number of pyridine rings is 2. The first-order chi connectivity index (χ1) is 28.4. The third-order valence-electron chi connectivity index (χ3n) is 8.66. The van der Waals surface area contributed by atoms with Crippen molar-refractivity contribution in [1.29, 1.82) is 0 Å². The molecular formula is C48H36BrN3O6. The monoisotopic (exact) mass is 829 g/mol. The van der Waals surface area contributed by atoms with E-state index in [4.69, 9.17) is 18.9 Å². The predicted octanol–water partition coefficient (Wildman–Crippen LogP) is 10.7. The van der Waals surface area contributed by atoms with Gasteiger partial charge in [0.15, 0.2) is 0 Å². The molecule has 7 aromatic rings. The molecule has 10 heteroatoms. The summed E-state index contributed by atoms with van der Waals surface area (Å²) in [5.74, 6) is 9.16. The second kappa shape index (κ2) is 19.1. The van der Waals surface area contributed by atoms with Gasteiger partial charge in [-0.15, -0.1) is 0 Å². The Morgan fingerprint density at radius 2 is 0.983 bits per heavy atom. The van der Waals surface area contributed by atoms with Gasteiger partial charge in [-0.3, -0.25) is 14.5 Å². The van der Waals surface area contributed by atoms with Gasteiger partial charge in [-0.2, -0.15) is 0 Å². The van der Waals surface area contributed by atoms with Gasteiger partial charge < -0.3 is 18.9 Å². The van der Waals surface area contributed by atoms with Crippen molar-refractivity contribution in [2.75, 3.05) is 0 Å². The van der Waals surface area contributed by atoms with Crippen molar-refractivity contribution in [1.82, 2.24) is 14.9 Å². The molecule has 8 rings (SSSR count). The van der Waals surface area contributed by atoms with Crippen LogP contribution in [-0.2, 0) is 13.2 Å². The molecule has 286 valence electrons. The summed E-state index contributed by atoms with van der Waals surface area (Å²) >= 11 is 3.39. The Morgan fingerprint density at radius 1 is 0.552 bits per heavy atom. The summed E-state index contributed by atoms with van der Waals surface area (Å²) in [5, 5.41) is 0. The average molecular weight is 831 g/mol. The van der Waals surface area contributed by atoms with Crippen LogP contribution in [0.25, 0.3) is 0 Å². The first kappa shape index (κ1) is 39.0. The fraction of sp³-hybridized carbons (Fsp3) is 0.0833. The van der Waals surface area contributed by atoms with Gasteiger partial charge in [0.25, 0.3) is 11.8 Å². The Labute approximate surface area is 345 Å². The highest BCUT2D eigenvalue weighted by atomic mass is 79.9. The molecule has 0 fully saturated rings. The SMILES string of the molecule is Brc1ccc(Oc2ccc(OCc3ccccc3)nc2)cc1.CC(C#Cc1ccc(Oc2ccc(OCc3ccccc3)nc2)cc1)N1C(=O)c2ccccc2C1=O. The van der Waals surface area contributed by atoms with E-state index in [1.54, 1.807) is 73.9 Å². The number of nitrogens with zero attached hydrogens (tertiary/aromatic N) is 3. The molecule has 5 aromatic carbocycles. The highest BCUT2D eigenvalue weighted by Gasteiger charge is 2.37. The van der Waals surface area contributed by atoms with Crippen LogP contribution in [0.15, 0.2) is 175 Å². The van der Waals surface area contributed by atoms with Crippen molar-refractivity contribution >= 4 is 27.7 Å². The van der Waals surface area contributed by atoms with E-state index in [1.807, 2.05) is 103 Å². The van der Waals surface area contributed by atoms with Crippen LogP contribution in [0.2, 0.25) is 0 Å². The summed E-state index contributed by atoms with van der Waals surface area (Å²) in [7, 11) is 0. The van der Waals surface area contributed by atoms with Crippen LogP contribution >= 0.6 is 15.9 Å². The summed E-state index contributed by atoms with van der Waals surface area (Å²) in [4.78, 5) is 35.0. The number of aromatic nitrogens is 2. The van der Waals surface area contributed by atoms with E-state index in [0.29, 0.717) is 53.3 Å². The molecule has 0 bridgehead atoms. The Bertz CT molecular complexity index is 2470. The Balaban J connectivity index is 0.000000199. The maximum Gasteiger partial charge on any atom is 0.262 e. The Morgan fingerprint density at radius 3 is 1.43 bits per heavy atom. The molecule has 0 N–H and O–H groups in total. The smallest absolute Gasteiger partial charge is 0.262 e. The van der Waals surface area contributed by atoms with Crippen LogP contribution in [0.4, 0.5) is 0 Å². The van der Waals surface area contributed by atoms with E-state index in [9.17, 15) is 9.59 Å². The second-order valence-electron chi connectivity index (χ2n) is 12.9. The number of benzene rings is 5. The summed E-state index contributed by atoms with van der Waals surface area (Å²) < 4.78 is 23.9. The molecule has 0 saturated heterocycles. The van der Waals surface area contributed by atoms with Gasteiger partial charge in [0.1, 0.15) is 36.2 Å². The van der Waals surface area contributed by atoms with Crippen molar-refractivity contribution < 1.29 is 28.5 Å². The van der Waals surface area contributed by atoms with E-state index in [2.05, 4.69) is 37.7 Å². The predicted molar refractivity (Wildman–Crippen MR) is 224 cm³/mol. The highest BCUT2D eigenvalue weighted by molar-refractivity contribution is 9.10. The van der Waals surface area contributed by atoms with Crippen LogP contribution in [0.1, 0.15) is 44.3 Å². The van der Waals surface area contributed by atoms with E-state index >= 15 is 0 Å². The molecule has 1 aliphatic rings. The number of ether oxygens (including phenoxy) is 4. The van der Waals surface area contributed by atoms with Crippen molar-refractivity contribution in [3.8, 4) is 46.6 Å². The number of fused-ring (bicyclic) bond motifs is 1. The van der Waals surface area contributed by atoms with Crippen molar-refractivity contribution in [2.24, 2.45) is 0 Å². The minimum absolute atomic E-state index is 0.314. The van der Waals surface area contributed by atoms with Crippen LogP contribution in [0.5, 0.6) is 34.8 Å². The minimum atomic E-state index is -0.554. The molecule has 0 radical (unpaired) electrons. The van der Waals surface area contributed by atoms with Crippen LogP contribution in [-0.4, -0.2) is 32.7 Å². The fourth-order valence-corrected chi connectivity index (χ4v) is 5.95. The number of amides is 2. The average Bonchev–Trinajstić information content (AvgIpc) is 3.53. The maximum atomic E-state index is 12.6. The Kier molecular flexibility index (Phi) is 12.8. The molecule has 0 saturated carbocycles. The van der Waals surface area contributed by atoms with Gasteiger partial charge in [0, 0.05) is 22.2 Å². The standard InChI is InChI=1S/C30H22N2O4.C18H14BrNO2/c1-21(32-29(33)26-9-5-6-10-27(26)30(32)34)11-12-22-13-15-24(16-14-22)36-25-17-18-28(31-19-25)35-20-23-7-3-2-4-8-23;19-15-6-8-16(9-7-15)22-17-10-11-18(20-12-17)21-13-14-4-2-1-3-5-14/h2-10,13-19,21H,20H2,1H3;1-12H,13H2. The number of carbonyl (C=O) groups excluding carboxylic acids is 2. The third-order valence-corrected chi connectivity index (χ3v) is 9.18. The molecular weight excluding hydrogens is 794 g/mol. The van der Waals surface area contributed by atoms with Gasteiger partial charge in [-0.1, -0.05) is 101 Å². The topological polar surface area (TPSA) is 100 Å². The summed E-state index contributed by atoms with van der Waals surface area (Å²) in [6.45, 7) is 2.69. The van der Waals surface area contributed by atoms with Gasteiger partial charge in [-0.25, -0.2) is 9.97 Å². The molecule has 0 spiro atoms. The largest absolute Gasteiger partial charge is 0.473 e. The van der Waals surface area contributed by atoms with Gasteiger partial charge in [-0.05, 0) is 90.8 Å². The van der Waals surface area contributed by atoms with Gasteiger partial charge in [0.05, 0.1) is 29.6 Å². The van der Waals surface area contributed by atoms with Gasteiger partial charge in [0.2, 0.25) is 11.8 Å². The molecule has 9 nitrogen and oxygen atoms in total. The molecule has 1 aliphatic heterocycles. The van der Waals surface area contributed by atoms with Crippen molar-refractivity contribution in [2.45, 2.75) is 26.2 Å². The van der Waals surface area contributed by atoms with Crippen molar-refractivity contribution in [3.63, 3.8) is 0 Å². The molecule has 1 unspecified atom stereocenters. The first-order valence-electron chi connectivity index (χ1n) is 18.3. The summed E-state index contributed by atoms with van der Waals surface area (Å²) in [6, 6.07) is 48.3. The quantitative estimate of drug-likeness (QED) is 0.0939. The number of hydrogen-bond donors (Lipinski definition) is 0. The number of rotatable bonds is 11. The van der Waals surface area contributed by atoms with Crippen LogP contribution in [0.3, 0.4) is 0 Å². The molecule has 0 aliphatic carbocycles. The fourth-order valence-electron chi connectivity index (χ4n) is 5.68. The number of carbonyl (C=O) groups is 2. The zero-order chi connectivity index (χ0) is 40.1. The summed E-state index contributed by atoms with van der Waals surface area (Å²) in [6.07, 6.45) is 3.26. The van der Waals surface area contributed by atoms with E-state index in [-0.39, 0.29) is 11.8 Å². The maximum absolute atomic E-state index is 12.6.